The lowest BCUT2D eigenvalue weighted by molar-refractivity contribution is -0.274. The average molecular weight is 296 g/mol. The summed E-state index contributed by atoms with van der Waals surface area (Å²) in [7, 11) is 0. The van der Waals surface area contributed by atoms with Crippen molar-refractivity contribution in [1.29, 1.82) is 5.26 Å². The molecule has 0 aliphatic carbocycles. The van der Waals surface area contributed by atoms with Gasteiger partial charge in [-0.1, -0.05) is 18.2 Å². The lowest BCUT2D eigenvalue weighted by atomic mass is 10.00. The number of halogens is 4. The first-order valence-electron chi connectivity index (χ1n) is 5.66. The maximum atomic E-state index is 13.4. The van der Waals surface area contributed by atoms with Gasteiger partial charge in [-0.05, 0) is 18.2 Å². The minimum atomic E-state index is -4.87. The molecule has 0 bridgehead atoms. The van der Waals surface area contributed by atoms with Gasteiger partial charge in [-0.15, -0.1) is 13.2 Å². The third-order valence-electron chi connectivity index (χ3n) is 2.66. The molecule has 0 spiro atoms. The number of ether oxygens (including phenoxy) is 1. The zero-order valence-electron chi connectivity index (χ0n) is 10.4. The molecular formula is C14H8F4N2O. The first-order chi connectivity index (χ1) is 9.81. The molecule has 0 unspecified atom stereocenters. The molecule has 0 aromatic heterocycles. The van der Waals surface area contributed by atoms with Gasteiger partial charge in [-0.3, -0.25) is 0 Å². The second-order valence-corrected chi connectivity index (χ2v) is 4.08. The smallest absolute Gasteiger partial charge is 0.405 e. The average Bonchev–Trinajstić information content (AvgIpc) is 2.38. The van der Waals surface area contributed by atoms with Crippen LogP contribution < -0.4 is 10.5 Å². The van der Waals surface area contributed by atoms with Gasteiger partial charge < -0.3 is 10.5 Å². The predicted molar refractivity (Wildman–Crippen MR) is 67.6 cm³/mol. The largest absolute Gasteiger partial charge is 0.573 e. The van der Waals surface area contributed by atoms with E-state index in [4.69, 9.17) is 11.0 Å². The van der Waals surface area contributed by atoms with Gasteiger partial charge in [0.15, 0.2) is 0 Å². The summed E-state index contributed by atoms with van der Waals surface area (Å²) >= 11 is 0. The van der Waals surface area contributed by atoms with E-state index in [0.29, 0.717) is 0 Å². The molecular weight excluding hydrogens is 288 g/mol. The number of anilines is 1. The van der Waals surface area contributed by atoms with Gasteiger partial charge in [0.1, 0.15) is 17.6 Å². The predicted octanol–water partition coefficient (Wildman–Crippen LogP) is 3.85. The van der Waals surface area contributed by atoms with Crippen molar-refractivity contribution in [2.45, 2.75) is 6.36 Å². The van der Waals surface area contributed by atoms with Gasteiger partial charge in [-0.25, -0.2) is 4.39 Å². The molecule has 0 aliphatic rings. The number of hydrogen-bond acceptors (Lipinski definition) is 3. The number of alkyl halides is 3. The van der Waals surface area contributed by atoms with Gasteiger partial charge in [0.05, 0.1) is 5.56 Å². The normalized spacial score (nSPS) is 11.0. The Morgan fingerprint density at radius 3 is 2.38 bits per heavy atom. The van der Waals surface area contributed by atoms with Crippen LogP contribution in [0.15, 0.2) is 36.4 Å². The maximum Gasteiger partial charge on any atom is 0.573 e. The molecule has 0 aliphatic heterocycles. The highest BCUT2D eigenvalue weighted by Crippen LogP contribution is 2.37. The molecule has 0 heterocycles. The van der Waals surface area contributed by atoms with Gasteiger partial charge in [-0.2, -0.15) is 5.26 Å². The lowest BCUT2D eigenvalue weighted by Gasteiger charge is -2.14. The molecule has 2 aromatic rings. The van der Waals surface area contributed by atoms with E-state index in [9.17, 15) is 17.6 Å². The molecule has 2 rings (SSSR count). The second kappa shape index (κ2) is 5.32. The van der Waals surface area contributed by atoms with Crippen LogP contribution in [0, 0.1) is 17.1 Å². The molecule has 3 nitrogen and oxygen atoms in total. The molecule has 108 valence electrons. The Labute approximate surface area is 117 Å². The number of para-hydroxylation sites is 1. The van der Waals surface area contributed by atoms with Gasteiger partial charge in [0.25, 0.3) is 0 Å². The van der Waals surface area contributed by atoms with E-state index in [2.05, 4.69) is 4.74 Å². The second-order valence-electron chi connectivity index (χ2n) is 4.08. The fourth-order valence-electron chi connectivity index (χ4n) is 1.81. The number of rotatable bonds is 2. The standard InChI is InChI=1S/C14H8F4N2O/c15-11-6-12(20)10(5-8(11)7-19)9-3-1-2-4-13(9)21-14(16,17)18/h1-6H,20H2. The molecule has 0 amide bonds. The molecule has 2 N–H and O–H groups in total. The van der Waals surface area contributed by atoms with E-state index >= 15 is 0 Å². The Kier molecular flexibility index (Phi) is 3.72. The van der Waals surface area contributed by atoms with Crippen molar-refractivity contribution in [3.63, 3.8) is 0 Å². The Morgan fingerprint density at radius 1 is 1.10 bits per heavy atom. The summed E-state index contributed by atoms with van der Waals surface area (Å²) in [6.45, 7) is 0. The molecule has 0 atom stereocenters. The van der Waals surface area contributed by atoms with Gasteiger partial charge in [0.2, 0.25) is 0 Å². The summed E-state index contributed by atoms with van der Waals surface area (Å²) < 4.78 is 54.5. The van der Waals surface area contributed by atoms with E-state index < -0.39 is 17.9 Å². The van der Waals surface area contributed by atoms with Crippen molar-refractivity contribution in [3.05, 3.63) is 47.8 Å². The first-order valence-corrected chi connectivity index (χ1v) is 5.66. The number of nitriles is 1. The molecule has 0 saturated carbocycles. The van der Waals surface area contributed by atoms with Crippen molar-refractivity contribution in [2.24, 2.45) is 0 Å². The van der Waals surface area contributed by atoms with E-state index in [1.54, 1.807) is 6.07 Å². The molecule has 0 fully saturated rings. The summed E-state index contributed by atoms with van der Waals surface area (Å²) in [6, 6.07) is 8.86. The topological polar surface area (TPSA) is 59.0 Å². The fourth-order valence-corrected chi connectivity index (χ4v) is 1.81. The summed E-state index contributed by atoms with van der Waals surface area (Å²) in [4.78, 5) is 0. The van der Waals surface area contributed by atoms with E-state index in [1.807, 2.05) is 0 Å². The van der Waals surface area contributed by atoms with Crippen LogP contribution >= 0.6 is 0 Å². The minimum Gasteiger partial charge on any atom is -0.405 e. The Balaban J connectivity index is 2.60. The Bertz CT molecular complexity index is 720. The zero-order valence-corrected chi connectivity index (χ0v) is 10.4. The number of hydrogen-bond donors (Lipinski definition) is 1. The minimum absolute atomic E-state index is 0.0174. The number of nitrogens with zero attached hydrogens (tertiary/aromatic N) is 1. The quantitative estimate of drug-likeness (QED) is 0.676. The third-order valence-corrected chi connectivity index (χ3v) is 2.66. The number of nitrogens with two attached hydrogens (primary N) is 1. The van der Waals surface area contributed by atoms with Crippen molar-refractivity contribution in [2.75, 3.05) is 5.73 Å². The van der Waals surface area contributed by atoms with Crippen LogP contribution in [-0.4, -0.2) is 6.36 Å². The summed E-state index contributed by atoms with van der Waals surface area (Å²) in [5.41, 5.74) is 5.32. The lowest BCUT2D eigenvalue weighted by Crippen LogP contribution is -2.17. The molecule has 7 heteroatoms. The number of nitrogen functional groups attached to an aromatic ring is 1. The van der Waals surface area contributed by atoms with Crippen LogP contribution in [0.1, 0.15) is 5.56 Å². The third kappa shape index (κ3) is 3.23. The molecule has 0 saturated heterocycles. The SMILES string of the molecule is N#Cc1cc(-c2ccccc2OC(F)(F)F)c(N)cc1F. The van der Waals surface area contributed by atoms with Crippen LogP contribution in [0.2, 0.25) is 0 Å². The van der Waals surface area contributed by atoms with Crippen LogP contribution in [0.25, 0.3) is 11.1 Å². The molecule has 0 radical (unpaired) electrons. The van der Waals surface area contributed by atoms with Crippen molar-refractivity contribution in [1.82, 2.24) is 0 Å². The van der Waals surface area contributed by atoms with Crippen molar-refractivity contribution >= 4 is 5.69 Å². The van der Waals surface area contributed by atoms with E-state index in [-0.39, 0.29) is 22.4 Å². The Hall–Kier alpha value is -2.75. The van der Waals surface area contributed by atoms with E-state index in [0.717, 1.165) is 18.2 Å². The van der Waals surface area contributed by atoms with Crippen molar-refractivity contribution in [3.8, 4) is 22.9 Å². The van der Waals surface area contributed by atoms with Crippen molar-refractivity contribution < 1.29 is 22.3 Å². The van der Waals surface area contributed by atoms with Crippen LogP contribution in [0.5, 0.6) is 5.75 Å². The van der Waals surface area contributed by atoms with Crippen LogP contribution in [-0.2, 0) is 0 Å². The highest BCUT2D eigenvalue weighted by Gasteiger charge is 2.32. The molecule has 21 heavy (non-hydrogen) atoms. The van der Waals surface area contributed by atoms with Gasteiger partial charge >= 0.3 is 6.36 Å². The zero-order chi connectivity index (χ0) is 15.6. The monoisotopic (exact) mass is 296 g/mol. The maximum absolute atomic E-state index is 13.4. The highest BCUT2D eigenvalue weighted by molar-refractivity contribution is 5.81. The summed E-state index contributed by atoms with van der Waals surface area (Å²) in [5, 5.41) is 8.79. The summed E-state index contributed by atoms with van der Waals surface area (Å²) in [6.07, 6.45) is -4.87. The summed E-state index contributed by atoms with van der Waals surface area (Å²) in [5.74, 6) is -1.32. The van der Waals surface area contributed by atoms with Crippen LogP contribution in [0.4, 0.5) is 23.2 Å². The van der Waals surface area contributed by atoms with Crippen LogP contribution in [0.3, 0.4) is 0 Å². The van der Waals surface area contributed by atoms with E-state index in [1.165, 1.54) is 18.2 Å². The molecule has 2 aromatic carbocycles. The fraction of sp³-hybridized carbons (Fsp3) is 0.0714. The number of benzene rings is 2. The highest BCUT2D eigenvalue weighted by atomic mass is 19.4. The van der Waals surface area contributed by atoms with Gasteiger partial charge in [0, 0.05) is 16.8 Å². The Morgan fingerprint density at radius 2 is 1.76 bits per heavy atom. The first kappa shape index (κ1) is 14.7.